The lowest BCUT2D eigenvalue weighted by atomic mass is 9.96. The summed E-state index contributed by atoms with van der Waals surface area (Å²) >= 11 is 6.16. The maximum atomic E-state index is 9.71. The number of hydrogen-bond acceptors (Lipinski definition) is 3. The van der Waals surface area contributed by atoms with E-state index in [2.05, 4.69) is 17.9 Å². The average molecular weight is 255 g/mol. The molecule has 94 valence electrons. The van der Waals surface area contributed by atoms with Gasteiger partial charge in [0, 0.05) is 30.3 Å². The first-order valence-corrected chi connectivity index (χ1v) is 6.41. The lowest BCUT2D eigenvalue weighted by Crippen LogP contribution is -2.41. The van der Waals surface area contributed by atoms with Crippen LogP contribution in [0.2, 0.25) is 5.02 Å². The van der Waals surface area contributed by atoms with Crippen LogP contribution in [-0.2, 0) is 6.54 Å². The summed E-state index contributed by atoms with van der Waals surface area (Å²) < 4.78 is 0. The fourth-order valence-electron chi connectivity index (χ4n) is 2.27. The summed E-state index contributed by atoms with van der Waals surface area (Å²) in [6.45, 7) is 4.30. The van der Waals surface area contributed by atoms with E-state index in [9.17, 15) is 5.11 Å². The molecule has 2 unspecified atom stereocenters. The number of nitrogens with zero attached hydrogens (tertiary/aromatic N) is 1. The average Bonchev–Trinajstić information content (AvgIpc) is 2.32. The van der Waals surface area contributed by atoms with Crippen molar-refractivity contribution in [2.45, 2.75) is 26.0 Å². The molecule has 1 aromatic rings. The van der Waals surface area contributed by atoms with Crippen LogP contribution in [-0.4, -0.2) is 24.3 Å². The molecule has 0 aromatic heterocycles. The molecule has 0 radical (unpaired) electrons. The Balaban J connectivity index is 2.15. The van der Waals surface area contributed by atoms with Crippen LogP contribution in [0.3, 0.4) is 0 Å². The smallest absolute Gasteiger partial charge is 0.0599 e. The van der Waals surface area contributed by atoms with Crippen molar-refractivity contribution >= 4 is 17.3 Å². The van der Waals surface area contributed by atoms with Gasteiger partial charge in [0.15, 0.2) is 0 Å². The second-order valence-corrected chi connectivity index (χ2v) is 5.17. The molecule has 3 nitrogen and oxygen atoms in total. The summed E-state index contributed by atoms with van der Waals surface area (Å²) in [4.78, 5) is 2.27. The summed E-state index contributed by atoms with van der Waals surface area (Å²) in [5, 5.41) is 10.4. The largest absolute Gasteiger partial charge is 0.393 e. The normalized spacial score (nSPS) is 25.1. The number of anilines is 1. The van der Waals surface area contributed by atoms with Gasteiger partial charge >= 0.3 is 0 Å². The Labute approximate surface area is 107 Å². The summed E-state index contributed by atoms with van der Waals surface area (Å²) in [5.74, 6) is 0.303. The summed E-state index contributed by atoms with van der Waals surface area (Å²) in [6, 6.07) is 6.00. The first-order chi connectivity index (χ1) is 8.11. The van der Waals surface area contributed by atoms with Crippen LogP contribution in [0.25, 0.3) is 0 Å². The summed E-state index contributed by atoms with van der Waals surface area (Å²) in [6.07, 6.45) is 0.641. The molecular formula is C13H19ClN2O. The Morgan fingerprint density at radius 3 is 2.88 bits per heavy atom. The van der Waals surface area contributed by atoms with Gasteiger partial charge in [-0.25, -0.2) is 0 Å². The van der Waals surface area contributed by atoms with E-state index in [0.29, 0.717) is 12.5 Å². The maximum absolute atomic E-state index is 9.71. The van der Waals surface area contributed by atoms with Gasteiger partial charge in [-0.3, -0.25) is 0 Å². The zero-order valence-electron chi connectivity index (χ0n) is 10.1. The number of halogens is 1. The van der Waals surface area contributed by atoms with Gasteiger partial charge in [-0.15, -0.1) is 0 Å². The number of piperidine rings is 1. The van der Waals surface area contributed by atoms with Gasteiger partial charge in [0.2, 0.25) is 0 Å². The molecule has 0 amide bonds. The Bertz CT molecular complexity index is 397. The molecule has 0 bridgehead atoms. The first kappa shape index (κ1) is 12.7. The van der Waals surface area contributed by atoms with Crippen LogP contribution >= 0.6 is 11.6 Å². The van der Waals surface area contributed by atoms with E-state index >= 15 is 0 Å². The fourth-order valence-corrected chi connectivity index (χ4v) is 2.52. The lowest BCUT2D eigenvalue weighted by Gasteiger charge is -2.36. The van der Waals surface area contributed by atoms with Gasteiger partial charge in [-0.2, -0.15) is 0 Å². The molecule has 1 fully saturated rings. The highest BCUT2D eigenvalue weighted by Crippen LogP contribution is 2.27. The number of aliphatic hydroxyl groups is 1. The molecular weight excluding hydrogens is 236 g/mol. The van der Waals surface area contributed by atoms with Crippen molar-refractivity contribution in [3.05, 3.63) is 28.8 Å². The molecule has 17 heavy (non-hydrogen) atoms. The number of aliphatic hydroxyl groups excluding tert-OH is 1. The van der Waals surface area contributed by atoms with Crippen molar-refractivity contribution < 1.29 is 5.11 Å². The molecule has 3 N–H and O–H groups in total. The third-order valence-electron chi connectivity index (χ3n) is 3.48. The van der Waals surface area contributed by atoms with Gasteiger partial charge < -0.3 is 15.7 Å². The van der Waals surface area contributed by atoms with Crippen LogP contribution in [0.4, 0.5) is 5.69 Å². The molecule has 1 aromatic carbocycles. The number of nitrogens with two attached hydrogens (primary N) is 1. The topological polar surface area (TPSA) is 49.5 Å². The predicted octanol–water partition coefficient (Wildman–Crippen LogP) is 2.01. The van der Waals surface area contributed by atoms with Gasteiger partial charge in [0.1, 0.15) is 0 Å². The highest BCUT2D eigenvalue weighted by atomic mass is 35.5. The van der Waals surface area contributed by atoms with Gasteiger partial charge in [-0.05, 0) is 30.0 Å². The second-order valence-electron chi connectivity index (χ2n) is 4.76. The quantitative estimate of drug-likeness (QED) is 0.849. The number of rotatable bonds is 2. The Morgan fingerprint density at radius 2 is 2.29 bits per heavy atom. The fraction of sp³-hybridized carbons (Fsp3) is 0.538. The minimum Gasteiger partial charge on any atom is -0.393 e. The molecule has 2 rings (SSSR count). The Morgan fingerprint density at radius 1 is 1.53 bits per heavy atom. The molecule has 1 aliphatic heterocycles. The van der Waals surface area contributed by atoms with E-state index in [1.54, 1.807) is 0 Å². The van der Waals surface area contributed by atoms with Crippen LogP contribution in [0.1, 0.15) is 18.9 Å². The van der Waals surface area contributed by atoms with E-state index in [-0.39, 0.29) is 6.10 Å². The van der Waals surface area contributed by atoms with E-state index in [0.717, 1.165) is 35.8 Å². The monoisotopic (exact) mass is 254 g/mol. The molecule has 1 heterocycles. The van der Waals surface area contributed by atoms with Crippen molar-refractivity contribution in [3.8, 4) is 0 Å². The molecule has 2 atom stereocenters. The molecule has 0 aliphatic carbocycles. The number of benzene rings is 1. The zero-order valence-corrected chi connectivity index (χ0v) is 10.8. The van der Waals surface area contributed by atoms with Crippen LogP contribution in [0, 0.1) is 5.92 Å². The molecule has 4 heteroatoms. The van der Waals surface area contributed by atoms with Crippen molar-refractivity contribution in [1.29, 1.82) is 0 Å². The Kier molecular flexibility index (Phi) is 3.92. The van der Waals surface area contributed by atoms with Crippen molar-refractivity contribution in [3.63, 3.8) is 0 Å². The molecule has 0 spiro atoms. The van der Waals surface area contributed by atoms with Gasteiger partial charge in [0.05, 0.1) is 6.10 Å². The van der Waals surface area contributed by atoms with Gasteiger partial charge in [-0.1, -0.05) is 24.6 Å². The second kappa shape index (κ2) is 5.25. The summed E-state index contributed by atoms with van der Waals surface area (Å²) in [7, 11) is 0. The third kappa shape index (κ3) is 2.73. The first-order valence-electron chi connectivity index (χ1n) is 6.03. The summed E-state index contributed by atoms with van der Waals surface area (Å²) in [5.41, 5.74) is 7.68. The molecule has 1 aliphatic rings. The standard InChI is InChI=1S/C13H19ClN2O/c1-9-8-16(5-4-13(9)17)11-3-2-10(7-15)12(14)6-11/h2-3,6,9,13,17H,4-5,7-8,15H2,1H3. The SMILES string of the molecule is CC1CN(c2ccc(CN)c(Cl)c2)CCC1O. The van der Waals surface area contributed by atoms with Gasteiger partial charge in [0.25, 0.3) is 0 Å². The van der Waals surface area contributed by atoms with E-state index in [4.69, 9.17) is 17.3 Å². The lowest BCUT2D eigenvalue weighted by molar-refractivity contribution is 0.0971. The zero-order chi connectivity index (χ0) is 12.4. The van der Waals surface area contributed by atoms with Crippen LogP contribution in [0.5, 0.6) is 0 Å². The van der Waals surface area contributed by atoms with Crippen molar-refractivity contribution in [2.24, 2.45) is 11.7 Å². The van der Waals surface area contributed by atoms with E-state index < -0.39 is 0 Å². The number of hydrogen-bond donors (Lipinski definition) is 2. The van der Waals surface area contributed by atoms with Crippen LogP contribution in [0.15, 0.2) is 18.2 Å². The van der Waals surface area contributed by atoms with Crippen molar-refractivity contribution in [1.82, 2.24) is 0 Å². The van der Waals surface area contributed by atoms with E-state index in [1.807, 2.05) is 12.1 Å². The highest BCUT2D eigenvalue weighted by Gasteiger charge is 2.24. The Hall–Kier alpha value is -0.770. The van der Waals surface area contributed by atoms with E-state index in [1.165, 1.54) is 0 Å². The predicted molar refractivity (Wildman–Crippen MR) is 71.3 cm³/mol. The van der Waals surface area contributed by atoms with Crippen LogP contribution < -0.4 is 10.6 Å². The maximum Gasteiger partial charge on any atom is 0.0599 e. The molecule has 0 saturated carbocycles. The van der Waals surface area contributed by atoms with Crippen molar-refractivity contribution in [2.75, 3.05) is 18.0 Å². The third-order valence-corrected chi connectivity index (χ3v) is 3.83. The molecule has 1 saturated heterocycles. The minimum atomic E-state index is -0.176. The highest BCUT2D eigenvalue weighted by molar-refractivity contribution is 6.31. The minimum absolute atomic E-state index is 0.176.